The van der Waals surface area contributed by atoms with Crippen LogP contribution in [0.1, 0.15) is 54.5 Å². The molecular formula is C42H38IrN2O-2. The fraction of sp³-hybridized carbons (Fsp3) is 0.190. The molecule has 0 aliphatic carbocycles. The molecule has 46 heavy (non-hydrogen) atoms. The standard InChI is InChI=1S/C25H18NO.C17H20N.Ir/c1-17(18-8-3-2-4-9-18)19-13-14-24-22(16-19)20-10-7-11-21(25(20)27-24)23-12-5-6-15-26-23;1-12(2)9-16-11-18-17(10-14(16)4)15-7-5-13(3)6-8-15;/h2-10,12-17H,1H3;5-7,10-12H,9H2,1-4H3;/q2*-1;. The number of aryl methyl sites for hydroxylation is 2. The van der Waals surface area contributed by atoms with Crippen molar-refractivity contribution >= 4 is 21.9 Å². The minimum Gasteiger partial charge on any atom is -0.501 e. The molecule has 0 aliphatic heterocycles. The van der Waals surface area contributed by atoms with E-state index in [1.165, 1.54) is 27.8 Å². The molecule has 0 N–H and O–H groups in total. The molecule has 4 heteroatoms. The summed E-state index contributed by atoms with van der Waals surface area (Å²) in [5, 5.41) is 2.24. The number of hydrogen-bond acceptors (Lipinski definition) is 3. The van der Waals surface area contributed by atoms with Crippen molar-refractivity contribution in [2.24, 2.45) is 5.92 Å². The second kappa shape index (κ2) is 14.8. The molecule has 3 aromatic heterocycles. The van der Waals surface area contributed by atoms with Gasteiger partial charge in [0.25, 0.3) is 0 Å². The molecule has 233 valence electrons. The van der Waals surface area contributed by atoms with E-state index in [9.17, 15) is 0 Å². The first-order valence-electron chi connectivity index (χ1n) is 15.6. The van der Waals surface area contributed by atoms with E-state index in [0.29, 0.717) is 11.8 Å². The van der Waals surface area contributed by atoms with Gasteiger partial charge in [-0.3, -0.25) is 0 Å². The molecule has 1 atom stereocenters. The van der Waals surface area contributed by atoms with E-state index in [1.807, 2.05) is 36.5 Å². The average molecular weight is 779 g/mol. The van der Waals surface area contributed by atoms with Crippen molar-refractivity contribution < 1.29 is 24.5 Å². The molecule has 4 aromatic carbocycles. The summed E-state index contributed by atoms with van der Waals surface area (Å²) in [6.45, 7) is 11.0. The maximum Gasteiger partial charge on any atom is 0.120 e. The summed E-state index contributed by atoms with van der Waals surface area (Å²) < 4.78 is 6.21. The Balaban J connectivity index is 0.000000193. The SMILES string of the molecule is CC(c1ccccc1)c1ccc2oc3c(-c4ccccn4)[c-]ccc3c2c1.Cc1c[c-]c(-c2cc(C)c(CC(C)C)cn2)cc1.[Ir]. The van der Waals surface area contributed by atoms with Crippen molar-refractivity contribution in [3.05, 3.63) is 155 Å². The zero-order valence-corrected chi connectivity index (χ0v) is 29.4. The Morgan fingerprint density at radius 2 is 1.54 bits per heavy atom. The van der Waals surface area contributed by atoms with Crippen LogP contribution in [0.5, 0.6) is 0 Å². The maximum atomic E-state index is 6.21. The third kappa shape index (κ3) is 7.36. The summed E-state index contributed by atoms with van der Waals surface area (Å²) >= 11 is 0. The minimum atomic E-state index is 0. The van der Waals surface area contributed by atoms with Gasteiger partial charge in [0.2, 0.25) is 0 Å². The van der Waals surface area contributed by atoms with E-state index in [2.05, 4.69) is 130 Å². The van der Waals surface area contributed by atoms with Gasteiger partial charge in [-0.15, -0.1) is 53.6 Å². The third-order valence-corrected chi connectivity index (χ3v) is 8.27. The van der Waals surface area contributed by atoms with Crippen molar-refractivity contribution in [1.29, 1.82) is 0 Å². The van der Waals surface area contributed by atoms with Crippen molar-refractivity contribution in [2.75, 3.05) is 0 Å². The van der Waals surface area contributed by atoms with Crippen LogP contribution >= 0.6 is 0 Å². The van der Waals surface area contributed by atoms with Gasteiger partial charge < -0.3 is 14.4 Å². The molecule has 0 aliphatic rings. The molecule has 0 saturated heterocycles. The van der Waals surface area contributed by atoms with Crippen LogP contribution in [0.4, 0.5) is 0 Å². The predicted octanol–water partition coefficient (Wildman–Crippen LogP) is 11.0. The van der Waals surface area contributed by atoms with E-state index in [4.69, 9.17) is 4.42 Å². The van der Waals surface area contributed by atoms with Gasteiger partial charge in [0, 0.05) is 43.8 Å². The number of benzene rings is 4. The van der Waals surface area contributed by atoms with Crippen molar-refractivity contribution in [3.63, 3.8) is 0 Å². The molecule has 1 unspecified atom stereocenters. The summed E-state index contributed by atoms with van der Waals surface area (Å²) in [5.74, 6) is 0.994. The van der Waals surface area contributed by atoms with Crippen LogP contribution in [-0.4, -0.2) is 9.97 Å². The van der Waals surface area contributed by atoms with Gasteiger partial charge in [0.1, 0.15) is 5.58 Å². The van der Waals surface area contributed by atoms with Crippen molar-refractivity contribution in [3.8, 4) is 22.5 Å². The van der Waals surface area contributed by atoms with Crippen molar-refractivity contribution in [2.45, 2.75) is 47.0 Å². The maximum absolute atomic E-state index is 6.21. The summed E-state index contributed by atoms with van der Waals surface area (Å²) in [6, 6.07) is 41.9. The Bertz CT molecular complexity index is 2030. The Morgan fingerprint density at radius 1 is 0.739 bits per heavy atom. The first-order valence-corrected chi connectivity index (χ1v) is 15.6. The van der Waals surface area contributed by atoms with Crippen LogP contribution in [0.15, 0.2) is 120 Å². The molecule has 3 heterocycles. The average Bonchev–Trinajstić information content (AvgIpc) is 3.45. The topological polar surface area (TPSA) is 38.9 Å². The predicted molar refractivity (Wildman–Crippen MR) is 186 cm³/mol. The zero-order chi connectivity index (χ0) is 31.3. The Hall–Kier alpha value is -4.37. The van der Waals surface area contributed by atoms with Crippen molar-refractivity contribution in [1.82, 2.24) is 9.97 Å². The number of rotatable bonds is 6. The number of hydrogen-bond donors (Lipinski definition) is 0. The van der Waals surface area contributed by atoms with Crippen LogP contribution in [0.25, 0.3) is 44.5 Å². The minimum absolute atomic E-state index is 0. The van der Waals surface area contributed by atoms with Gasteiger partial charge >= 0.3 is 0 Å². The monoisotopic (exact) mass is 779 g/mol. The molecule has 3 nitrogen and oxygen atoms in total. The van der Waals surface area contributed by atoms with Crippen LogP contribution in [0.3, 0.4) is 0 Å². The van der Waals surface area contributed by atoms with E-state index in [-0.39, 0.29) is 20.1 Å². The zero-order valence-electron chi connectivity index (χ0n) is 27.0. The number of fused-ring (bicyclic) bond motifs is 3. The largest absolute Gasteiger partial charge is 0.501 e. The summed E-state index contributed by atoms with van der Waals surface area (Å²) in [4.78, 5) is 9.02. The summed E-state index contributed by atoms with van der Waals surface area (Å²) in [6.07, 6.45) is 4.90. The fourth-order valence-electron chi connectivity index (χ4n) is 5.71. The van der Waals surface area contributed by atoms with Crippen LogP contribution < -0.4 is 0 Å². The van der Waals surface area contributed by atoms with Crippen LogP contribution in [-0.2, 0) is 26.5 Å². The molecule has 1 radical (unpaired) electrons. The number of aromatic nitrogens is 2. The van der Waals surface area contributed by atoms with Crippen LogP contribution in [0.2, 0.25) is 0 Å². The Kier molecular flexibility index (Phi) is 10.6. The van der Waals surface area contributed by atoms with Gasteiger partial charge in [-0.05, 0) is 65.5 Å². The van der Waals surface area contributed by atoms with Gasteiger partial charge in [-0.2, -0.15) is 0 Å². The fourth-order valence-corrected chi connectivity index (χ4v) is 5.71. The summed E-state index contributed by atoms with van der Waals surface area (Å²) in [5.41, 5.74) is 12.1. The molecule has 0 amide bonds. The first-order chi connectivity index (χ1) is 21.9. The summed E-state index contributed by atoms with van der Waals surface area (Å²) in [7, 11) is 0. The number of furan rings is 1. The van der Waals surface area contributed by atoms with Gasteiger partial charge in [0.05, 0.1) is 5.58 Å². The van der Waals surface area contributed by atoms with Gasteiger partial charge in [0.15, 0.2) is 0 Å². The van der Waals surface area contributed by atoms with Gasteiger partial charge in [-0.25, -0.2) is 0 Å². The normalized spacial score (nSPS) is 11.6. The molecule has 7 aromatic rings. The molecule has 0 fully saturated rings. The van der Waals surface area contributed by atoms with Crippen LogP contribution in [0, 0.1) is 31.9 Å². The van der Waals surface area contributed by atoms with E-state index >= 15 is 0 Å². The quantitative estimate of drug-likeness (QED) is 0.158. The third-order valence-electron chi connectivity index (χ3n) is 8.27. The molecule has 0 saturated carbocycles. The smallest absolute Gasteiger partial charge is 0.120 e. The first kappa shape index (κ1) is 33.0. The molecular weight excluding hydrogens is 741 g/mol. The van der Waals surface area contributed by atoms with Gasteiger partial charge in [-0.1, -0.05) is 98.8 Å². The number of pyridine rings is 2. The van der Waals surface area contributed by atoms with E-state index in [0.717, 1.165) is 50.9 Å². The second-order valence-corrected chi connectivity index (χ2v) is 12.2. The Morgan fingerprint density at radius 3 is 2.24 bits per heavy atom. The molecule has 0 spiro atoms. The Labute approximate surface area is 286 Å². The van der Waals surface area contributed by atoms with E-state index in [1.54, 1.807) is 6.20 Å². The molecule has 0 bridgehead atoms. The number of nitrogens with zero attached hydrogens (tertiary/aromatic N) is 2. The second-order valence-electron chi connectivity index (χ2n) is 12.2. The molecule has 7 rings (SSSR count). The van der Waals surface area contributed by atoms with E-state index < -0.39 is 0 Å².